The minimum atomic E-state index is 0.0410. The third-order valence-electron chi connectivity index (χ3n) is 3.29. The zero-order valence-corrected chi connectivity index (χ0v) is 12.4. The molecule has 0 atom stereocenters. The zero-order valence-electron chi connectivity index (χ0n) is 11.6. The van der Waals surface area contributed by atoms with Crippen LogP contribution < -0.4 is 5.32 Å². The quantitative estimate of drug-likeness (QED) is 0.786. The first-order chi connectivity index (χ1) is 10.3. The van der Waals surface area contributed by atoms with Crippen LogP contribution in [0.5, 0.6) is 0 Å². The highest BCUT2D eigenvalue weighted by molar-refractivity contribution is 7.98. The third-order valence-corrected chi connectivity index (χ3v) is 3.97. The lowest BCUT2D eigenvalue weighted by Crippen LogP contribution is -2.43. The van der Waals surface area contributed by atoms with Gasteiger partial charge in [0.2, 0.25) is 5.91 Å². The SMILES string of the molecule is CSc1n[nH]c2ncnc(NCC(=O)N3CCOCC3)c12. The Kier molecular flexibility index (Phi) is 4.20. The number of nitrogens with zero attached hydrogens (tertiary/aromatic N) is 4. The predicted octanol–water partition coefficient (Wildman–Crippen LogP) is 0.345. The van der Waals surface area contributed by atoms with Crippen molar-refractivity contribution >= 4 is 34.5 Å². The van der Waals surface area contributed by atoms with Crippen molar-refractivity contribution in [1.29, 1.82) is 0 Å². The molecule has 0 saturated carbocycles. The Labute approximate surface area is 125 Å². The van der Waals surface area contributed by atoms with Crippen LogP contribution >= 0.6 is 11.8 Å². The Morgan fingerprint density at radius 2 is 2.29 bits per heavy atom. The maximum atomic E-state index is 12.1. The number of anilines is 1. The summed E-state index contributed by atoms with van der Waals surface area (Å²) in [6, 6.07) is 0. The Bertz CT molecular complexity index is 640. The van der Waals surface area contributed by atoms with Gasteiger partial charge in [-0.1, -0.05) is 0 Å². The molecule has 2 N–H and O–H groups in total. The Morgan fingerprint density at radius 3 is 3.05 bits per heavy atom. The van der Waals surface area contributed by atoms with E-state index in [4.69, 9.17) is 4.74 Å². The summed E-state index contributed by atoms with van der Waals surface area (Å²) in [6.45, 7) is 2.68. The molecule has 0 unspecified atom stereocenters. The second-order valence-corrected chi connectivity index (χ2v) is 5.32. The Balaban J connectivity index is 1.72. The van der Waals surface area contributed by atoms with Crippen LogP contribution in [0.2, 0.25) is 0 Å². The molecule has 1 aliphatic rings. The Hall–Kier alpha value is -1.87. The van der Waals surface area contributed by atoms with E-state index in [0.717, 1.165) is 10.4 Å². The average Bonchev–Trinajstić information content (AvgIpc) is 2.97. The second-order valence-electron chi connectivity index (χ2n) is 4.53. The van der Waals surface area contributed by atoms with Crippen molar-refractivity contribution in [3.05, 3.63) is 6.33 Å². The fourth-order valence-electron chi connectivity index (χ4n) is 2.20. The summed E-state index contributed by atoms with van der Waals surface area (Å²) in [5.41, 5.74) is 0.663. The van der Waals surface area contributed by atoms with Gasteiger partial charge in [-0.05, 0) is 6.26 Å². The van der Waals surface area contributed by atoms with Crippen LogP contribution in [0.4, 0.5) is 5.82 Å². The molecule has 9 heteroatoms. The molecule has 1 amide bonds. The van der Waals surface area contributed by atoms with Gasteiger partial charge in [0.25, 0.3) is 0 Å². The monoisotopic (exact) mass is 308 g/mol. The number of ether oxygens (including phenoxy) is 1. The lowest BCUT2D eigenvalue weighted by Gasteiger charge is -2.26. The number of aromatic amines is 1. The van der Waals surface area contributed by atoms with Crippen molar-refractivity contribution in [2.24, 2.45) is 0 Å². The van der Waals surface area contributed by atoms with Crippen molar-refractivity contribution in [1.82, 2.24) is 25.1 Å². The number of morpholine rings is 1. The van der Waals surface area contributed by atoms with E-state index in [1.165, 1.54) is 18.1 Å². The largest absolute Gasteiger partial charge is 0.378 e. The molecule has 2 aromatic heterocycles. The van der Waals surface area contributed by atoms with Gasteiger partial charge in [0, 0.05) is 13.1 Å². The van der Waals surface area contributed by atoms with Crippen molar-refractivity contribution in [2.75, 3.05) is 44.4 Å². The van der Waals surface area contributed by atoms with Gasteiger partial charge in [-0.15, -0.1) is 11.8 Å². The topological polar surface area (TPSA) is 96.0 Å². The number of H-pyrrole nitrogens is 1. The van der Waals surface area contributed by atoms with Crippen LogP contribution in [0.1, 0.15) is 0 Å². The maximum Gasteiger partial charge on any atom is 0.242 e. The van der Waals surface area contributed by atoms with E-state index >= 15 is 0 Å². The van der Waals surface area contributed by atoms with Crippen LogP contribution in [0.25, 0.3) is 11.0 Å². The molecule has 0 aliphatic carbocycles. The first-order valence-corrected chi connectivity index (χ1v) is 7.84. The van der Waals surface area contributed by atoms with E-state index in [-0.39, 0.29) is 12.5 Å². The van der Waals surface area contributed by atoms with Crippen molar-refractivity contribution < 1.29 is 9.53 Å². The summed E-state index contributed by atoms with van der Waals surface area (Å²) in [5.74, 6) is 0.666. The molecule has 3 rings (SSSR count). The number of hydrogen-bond acceptors (Lipinski definition) is 7. The summed E-state index contributed by atoms with van der Waals surface area (Å²) >= 11 is 1.51. The van der Waals surface area contributed by atoms with Crippen molar-refractivity contribution in [2.45, 2.75) is 5.03 Å². The van der Waals surface area contributed by atoms with Gasteiger partial charge in [-0.3, -0.25) is 9.89 Å². The van der Waals surface area contributed by atoms with Crippen LogP contribution in [-0.4, -0.2) is 70.1 Å². The summed E-state index contributed by atoms with van der Waals surface area (Å²) in [6.07, 6.45) is 3.39. The minimum Gasteiger partial charge on any atom is -0.378 e. The molecular weight excluding hydrogens is 292 g/mol. The molecule has 8 nitrogen and oxygen atoms in total. The molecular formula is C12H16N6O2S. The average molecular weight is 308 g/mol. The van der Waals surface area contributed by atoms with Crippen LogP contribution in [0, 0.1) is 0 Å². The number of carbonyl (C=O) groups excluding carboxylic acids is 1. The number of rotatable bonds is 4. The van der Waals surface area contributed by atoms with Gasteiger partial charge in [0.05, 0.1) is 25.1 Å². The van der Waals surface area contributed by atoms with Crippen LogP contribution in [0.15, 0.2) is 11.4 Å². The van der Waals surface area contributed by atoms with Gasteiger partial charge in [-0.25, -0.2) is 9.97 Å². The van der Waals surface area contributed by atoms with E-state index in [2.05, 4.69) is 25.5 Å². The number of thioether (sulfide) groups is 1. The van der Waals surface area contributed by atoms with E-state index in [0.29, 0.717) is 37.8 Å². The molecule has 0 radical (unpaired) electrons. The third kappa shape index (κ3) is 2.93. The molecule has 1 saturated heterocycles. The van der Waals surface area contributed by atoms with E-state index in [1.54, 1.807) is 4.90 Å². The van der Waals surface area contributed by atoms with Crippen LogP contribution in [-0.2, 0) is 9.53 Å². The number of carbonyl (C=O) groups is 1. The first kappa shape index (κ1) is 14.1. The fourth-order valence-corrected chi connectivity index (χ4v) is 2.73. The summed E-state index contributed by atoms with van der Waals surface area (Å²) in [4.78, 5) is 22.3. The van der Waals surface area contributed by atoms with E-state index in [9.17, 15) is 4.79 Å². The normalized spacial score (nSPS) is 15.4. The highest BCUT2D eigenvalue weighted by Gasteiger charge is 2.18. The van der Waals surface area contributed by atoms with Crippen molar-refractivity contribution in [3.8, 4) is 0 Å². The molecule has 0 spiro atoms. The smallest absolute Gasteiger partial charge is 0.242 e. The predicted molar refractivity (Wildman–Crippen MR) is 79.4 cm³/mol. The molecule has 0 aromatic carbocycles. The highest BCUT2D eigenvalue weighted by Crippen LogP contribution is 2.27. The van der Waals surface area contributed by atoms with Gasteiger partial charge < -0.3 is 15.0 Å². The van der Waals surface area contributed by atoms with Gasteiger partial charge in [0.15, 0.2) is 5.65 Å². The number of hydrogen-bond donors (Lipinski definition) is 2. The summed E-state index contributed by atoms with van der Waals surface area (Å²) < 4.78 is 5.24. The van der Waals surface area contributed by atoms with E-state index < -0.39 is 0 Å². The number of nitrogens with one attached hydrogen (secondary N) is 2. The number of aromatic nitrogens is 4. The lowest BCUT2D eigenvalue weighted by molar-refractivity contribution is -0.133. The van der Waals surface area contributed by atoms with Gasteiger partial charge in [-0.2, -0.15) is 5.10 Å². The second kappa shape index (κ2) is 6.27. The molecule has 3 heterocycles. The molecule has 112 valence electrons. The standard InChI is InChI=1S/C12H16N6O2S/c1-21-12-9-10(14-7-15-11(9)16-17-12)13-6-8(19)18-2-4-20-5-3-18/h7H,2-6H2,1H3,(H2,13,14,15,16,17). The molecule has 1 aliphatic heterocycles. The molecule has 21 heavy (non-hydrogen) atoms. The first-order valence-electron chi connectivity index (χ1n) is 6.62. The lowest BCUT2D eigenvalue weighted by atomic mass is 10.3. The molecule has 0 bridgehead atoms. The van der Waals surface area contributed by atoms with Crippen LogP contribution in [0.3, 0.4) is 0 Å². The Morgan fingerprint density at radius 1 is 1.48 bits per heavy atom. The summed E-state index contributed by atoms with van der Waals surface area (Å²) in [7, 11) is 0. The minimum absolute atomic E-state index is 0.0410. The van der Waals surface area contributed by atoms with Gasteiger partial charge in [0.1, 0.15) is 17.2 Å². The van der Waals surface area contributed by atoms with Crippen molar-refractivity contribution in [3.63, 3.8) is 0 Å². The zero-order chi connectivity index (χ0) is 14.7. The van der Waals surface area contributed by atoms with E-state index in [1.807, 2.05) is 6.26 Å². The molecule has 1 fully saturated rings. The molecule has 2 aromatic rings. The fraction of sp³-hybridized carbons (Fsp3) is 0.500. The highest BCUT2D eigenvalue weighted by atomic mass is 32.2. The number of amides is 1. The maximum absolute atomic E-state index is 12.1. The van der Waals surface area contributed by atoms with Gasteiger partial charge >= 0.3 is 0 Å². The number of fused-ring (bicyclic) bond motifs is 1. The summed E-state index contributed by atoms with van der Waals surface area (Å²) in [5, 5.41) is 11.8.